The van der Waals surface area contributed by atoms with Crippen LogP contribution in [0.4, 0.5) is 5.82 Å². The number of carbonyl (C=O) groups is 1. The molecular formula is C32H37N7O2. The summed E-state index contributed by atoms with van der Waals surface area (Å²) in [5, 5.41) is 5.74. The van der Waals surface area contributed by atoms with Crippen LogP contribution in [0.1, 0.15) is 45.1 Å². The molecule has 1 aliphatic carbocycles. The summed E-state index contributed by atoms with van der Waals surface area (Å²) in [5.74, 6) is 1.96. The van der Waals surface area contributed by atoms with Gasteiger partial charge in [0.05, 0.1) is 11.4 Å². The molecule has 6 rings (SSSR count). The molecule has 1 amide bonds. The van der Waals surface area contributed by atoms with Gasteiger partial charge in [-0.15, -0.1) is 0 Å². The van der Waals surface area contributed by atoms with Crippen LogP contribution in [0, 0.1) is 0 Å². The number of para-hydroxylation sites is 1. The van der Waals surface area contributed by atoms with Crippen molar-refractivity contribution in [3.8, 4) is 22.8 Å². The Kier molecular flexibility index (Phi) is 7.95. The van der Waals surface area contributed by atoms with Crippen LogP contribution in [0.5, 0.6) is 11.5 Å². The molecule has 9 heteroatoms. The molecule has 2 N–H and O–H groups in total. The third kappa shape index (κ3) is 6.10. The van der Waals surface area contributed by atoms with E-state index in [1.165, 1.54) is 19.2 Å². The van der Waals surface area contributed by atoms with Gasteiger partial charge in [-0.05, 0) is 75.0 Å². The molecule has 1 aliphatic heterocycles. The molecule has 0 spiro atoms. The number of nitrogen functional groups attached to an aromatic ring is 1. The maximum atomic E-state index is 13.1. The van der Waals surface area contributed by atoms with E-state index in [-0.39, 0.29) is 11.9 Å². The van der Waals surface area contributed by atoms with E-state index < -0.39 is 0 Å². The highest BCUT2D eigenvalue weighted by Gasteiger charge is 2.29. The van der Waals surface area contributed by atoms with Gasteiger partial charge in [0.1, 0.15) is 29.3 Å². The number of anilines is 1. The lowest BCUT2D eigenvalue weighted by Crippen LogP contribution is -2.40. The average Bonchev–Trinajstić information content (AvgIpc) is 3.77. The van der Waals surface area contributed by atoms with Crippen molar-refractivity contribution in [3.63, 3.8) is 0 Å². The van der Waals surface area contributed by atoms with E-state index in [1.54, 1.807) is 6.08 Å². The number of likely N-dealkylation sites (tertiary alicyclic amines) is 1. The highest BCUT2D eigenvalue weighted by molar-refractivity contribution is 5.98. The van der Waals surface area contributed by atoms with Crippen LogP contribution in [0.3, 0.4) is 0 Å². The lowest BCUT2D eigenvalue weighted by Gasteiger charge is -2.32. The minimum absolute atomic E-state index is 0.00427. The molecule has 0 radical (unpaired) electrons. The molecule has 0 unspecified atom stereocenters. The normalized spacial score (nSPS) is 17.5. The Labute approximate surface area is 240 Å². The second kappa shape index (κ2) is 12.1. The van der Waals surface area contributed by atoms with E-state index >= 15 is 0 Å². The topological polar surface area (TPSA) is 102 Å². The summed E-state index contributed by atoms with van der Waals surface area (Å²) in [5.41, 5.74) is 8.67. The Morgan fingerprint density at radius 2 is 1.85 bits per heavy atom. The first-order chi connectivity index (χ1) is 20.1. The lowest BCUT2D eigenvalue weighted by atomic mass is 10.1. The van der Waals surface area contributed by atoms with Crippen LogP contribution in [0.15, 0.2) is 73.1 Å². The molecule has 2 aromatic carbocycles. The van der Waals surface area contributed by atoms with Gasteiger partial charge in [0, 0.05) is 37.3 Å². The number of fused-ring (bicyclic) bond motifs is 1. The van der Waals surface area contributed by atoms with E-state index in [0.29, 0.717) is 24.1 Å². The molecule has 9 nitrogen and oxygen atoms in total. The number of hydrogen-bond donors (Lipinski definition) is 1. The predicted octanol–water partition coefficient (Wildman–Crippen LogP) is 5.46. The van der Waals surface area contributed by atoms with Gasteiger partial charge in [-0.3, -0.25) is 9.69 Å². The summed E-state index contributed by atoms with van der Waals surface area (Å²) in [6.45, 7) is 5.44. The largest absolute Gasteiger partial charge is 0.457 e. The molecule has 1 atom stereocenters. The molecule has 2 aliphatic rings. The third-order valence-electron chi connectivity index (χ3n) is 7.85. The van der Waals surface area contributed by atoms with Crippen molar-refractivity contribution < 1.29 is 9.53 Å². The summed E-state index contributed by atoms with van der Waals surface area (Å²) in [6, 6.07) is 18.2. The fourth-order valence-electron chi connectivity index (χ4n) is 5.66. The zero-order valence-electron chi connectivity index (χ0n) is 23.5. The van der Waals surface area contributed by atoms with Gasteiger partial charge >= 0.3 is 0 Å². The minimum atomic E-state index is -0.00427. The number of benzene rings is 2. The number of carbonyl (C=O) groups excluding carboxylic acids is 1. The van der Waals surface area contributed by atoms with Crippen molar-refractivity contribution >= 4 is 22.8 Å². The molecular weight excluding hydrogens is 514 g/mol. The highest BCUT2D eigenvalue weighted by Crippen LogP contribution is 2.35. The highest BCUT2D eigenvalue weighted by atomic mass is 16.5. The number of ether oxygens (including phenoxy) is 1. The number of hydrogen-bond acceptors (Lipinski definition) is 7. The first kappa shape index (κ1) is 27.0. The van der Waals surface area contributed by atoms with Gasteiger partial charge in [0.25, 0.3) is 0 Å². The zero-order chi connectivity index (χ0) is 28.2. The summed E-state index contributed by atoms with van der Waals surface area (Å²) in [6.07, 6.45) is 10.7. The van der Waals surface area contributed by atoms with Crippen molar-refractivity contribution in [3.05, 3.63) is 73.1 Å². The maximum Gasteiger partial charge on any atom is 0.246 e. The van der Waals surface area contributed by atoms with Crippen LogP contribution in [0.25, 0.3) is 22.3 Å². The van der Waals surface area contributed by atoms with E-state index in [4.69, 9.17) is 15.6 Å². The van der Waals surface area contributed by atoms with Crippen molar-refractivity contribution in [2.75, 3.05) is 31.9 Å². The summed E-state index contributed by atoms with van der Waals surface area (Å²) in [4.78, 5) is 26.4. The molecule has 4 aromatic rings. The van der Waals surface area contributed by atoms with E-state index in [2.05, 4.69) is 21.8 Å². The Morgan fingerprint density at radius 1 is 1.07 bits per heavy atom. The minimum Gasteiger partial charge on any atom is -0.457 e. The average molecular weight is 552 g/mol. The fraction of sp³-hybridized carbons (Fsp3) is 0.375. The Morgan fingerprint density at radius 3 is 2.61 bits per heavy atom. The van der Waals surface area contributed by atoms with Crippen molar-refractivity contribution in [1.82, 2.24) is 29.5 Å². The van der Waals surface area contributed by atoms with Gasteiger partial charge < -0.3 is 15.4 Å². The van der Waals surface area contributed by atoms with Crippen molar-refractivity contribution in [2.24, 2.45) is 0 Å². The number of amides is 1. The molecule has 2 fully saturated rings. The molecule has 1 saturated heterocycles. The Bertz CT molecular complexity index is 1510. The second-order valence-electron chi connectivity index (χ2n) is 10.9. The molecule has 2 aromatic heterocycles. The predicted molar refractivity (Wildman–Crippen MR) is 161 cm³/mol. The Hall–Kier alpha value is -4.24. The van der Waals surface area contributed by atoms with Crippen molar-refractivity contribution in [1.29, 1.82) is 0 Å². The Balaban J connectivity index is 1.20. The van der Waals surface area contributed by atoms with E-state index in [1.807, 2.05) is 70.3 Å². The van der Waals surface area contributed by atoms with E-state index in [0.717, 1.165) is 67.0 Å². The van der Waals surface area contributed by atoms with Crippen LogP contribution in [-0.2, 0) is 4.79 Å². The first-order valence-corrected chi connectivity index (χ1v) is 14.6. The van der Waals surface area contributed by atoms with Crippen LogP contribution in [0.2, 0.25) is 0 Å². The van der Waals surface area contributed by atoms with Gasteiger partial charge in [-0.1, -0.05) is 31.2 Å². The molecule has 212 valence electrons. The van der Waals surface area contributed by atoms with E-state index in [9.17, 15) is 4.79 Å². The zero-order valence-corrected chi connectivity index (χ0v) is 23.5. The first-order valence-electron chi connectivity index (χ1n) is 14.6. The van der Waals surface area contributed by atoms with Gasteiger partial charge in [0.15, 0.2) is 5.65 Å². The standard InChI is InChI=1S/C32H37N7O2/c1-2-18-37(24-14-15-24)19-7-11-28(40)38-20-6-8-25(21-38)39-32-29(31(33)34-22-35-32)30(36-39)23-12-16-27(17-13-23)41-26-9-4-3-5-10-26/h3-5,7,9-13,16-17,22,24-25H,2,6,8,14-15,18-21H2,1H3,(H2,33,34,35)/b11-7+/t25-/m1/s1. The van der Waals surface area contributed by atoms with Crippen molar-refractivity contribution in [2.45, 2.75) is 51.1 Å². The third-order valence-corrected chi connectivity index (χ3v) is 7.85. The number of nitrogens with zero attached hydrogens (tertiary/aromatic N) is 6. The second-order valence-corrected chi connectivity index (χ2v) is 10.9. The van der Waals surface area contributed by atoms with Gasteiger partial charge in [-0.2, -0.15) is 5.10 Å². The molecule has 3 heterocycles. The smallest absolute Gasteiger partial charge is 0.246 e. The molecule has 0 bridgehead atoms. The summed E-state index contributed by atoms with van der Waals surface area (Å²) in [7, 11) is 0. The number of rotatable bonds is 10. The van der Waals surface area contributed by atoms with Gasteiger partial charge in [-0.25, -0.2) is 14.6 Å². The summed E-state index contributed by atoms with van der Waals surface area (Å²) < 4.78 is 7.90. The fourth-order valence-corrected chi connectivity index (χ4v) is 5.66. The van der Waals surface area contributed by atoms with Crippen LogP contribution < -0.4 is 10.5 Å². The van der Waals surface area contributed by atoms with Gasteiger partial charge in [0.2, 0.25) is 5.91 Å². The van der Waals surface area contributed by atoms with Crippen LogP contribution >= 0.6 is 0 Å². The monoisotopic (exact) mass is 551 g/mol. The van der Waals surface area contributed by atoms with Crippen LogP contribution in [-0.4, -0.2) is 67.7 Å². The SMILES string of the molecule is CCCN(C/C=C/C(=O)N1CCC[C@@H](n2nc(-c3ccc(Oc4ccccc4)cc3)c3c(N)ncnc32)C1)C1CC1. The number of aromatic nitrogens is 4. The number of nitrogens with two attached hydrogens (primary N) is 1. The lowest BCUT2D eigenvalue weighted by molar-refractivity contribution is -0.127. The maximum absolute atomic E-state index is 13.1. The number of piperidine rings is 1. The molecule has 41 heavy (non-hydrogen) atoms. The molecule has 1 saturated carbocycles. The summed E-state index contributed by atoms with van der Waals surface area (Å²) >= 11 is 0. The quantitative estimate of drug-likeness (QED) is 0.261.